The van der Waals surface area contributed by atoms with Crippen LogP contribution in [-0.4, -0.2) is 9.81 Å². The number of allylic oxidation sites excluding steroid dienone is 1. The van der Waals surface area contributed by atoms with E-state index in [1.165, 1.54) is 5.56 Å². The molecule has 0 amide bonds. The Morgan fingerprint density at radius 2 is 2.06 bits per heavy atom. The zero-order chi connectivity index (χ0) is 11.4. The molecule has 1 aromatic carbocycles. The van der Waals surface area contributed by atoms with Crippen LogP contribution in [0.15, 0.2) is 47.3 Å². The Morgan fingerprint density at radius 3 is 2.75 bits per heavy atom. The number of nitrogens with zero attached hydrogens (tertiary/aromatic N) is 2. The average Bonchev–Trinajstić information content (AvgIpc) is 2.27. The fourth-order valence-corrected chi connectivity index (χ4v) is 1.67. The van der Waals surface area contributed by atoms with E-state index in [1.807, 2.05) is 30.3 Å². The quantitative estimate of drug-likeness (QED) is 0.815. The van der Waals surface area contributed by atoms with Gasteiger partial charge in [0.2, 0.25) is 0 Å². The van der Waals surface area contributed by atoms with Crippen LogP contribution in [-0.2, 0) is 6.54 Å². The summed E-state index contributed by atoms with van der Waals surface area (Å²) in [6.45, 7) is 0.689. The summed E-state index contributed by atoms with van der Waals surface area (Å²) in [4.78, 5) is 0. The molecule has 0 saturated carbocycles. The van der Waals surface area contributed by atoms with Gasteiger partial charge in [0.1, 0.15) is 5.82 Å². The average molecular weight is 257 g/mol. The van der Waals surface area contributed by atoms with E-state index < -0.39 is 0 Å². The number of hydrazone groups is 1. The molecule has 0 atom stereocenters. The first-order valence-electron chi connectivity index (χ1n) is 4.70. The van der Waals surface area contributed by atoms with Gasteiger partial charge in [-0.3, -0.25) is 5.43 Å². The standard InChI is InChI=1S/C10H10Cl2N4/c11-9-6-10(15-16(12)14-9)13-7-8-4-2-1-3-5-8/h1-6,13,15H,7H2. The maximum Gasteiger partial charge on any atom is 0.156 e. The summed E-state index contributed by atoms with van der Waals surface area (Å²) in [7, 11) is 0. The SMILES string of the molecule is ClC1=NN(Cl)NC(NCc2ccccc2)=C1. The van der Waals surface area contributed by atoms with Crippen molar-refractivity contribution >= 4 is 28.5 Å². The molecular weight excluding hydrogens is 247 g/mol. The van der Waals surface area contributed by atoms with Crippen molar-refractivity contribution in [2.45, 2.75) is 6.54 Å². The van der Waals surface area contributed by atoms with Gasteiger partial charge in [-0.2, -0.15) is 0 Å². The van der Waals surface area contributed by atoms with Crippen LogP contribution in [0, 0.1) is 0 Å². The van der Waals surface area contributed by atoms with E-state index in [0.717, 1.165) is 4.64 Å². The van der Waals surface area contributed by atoms with Crippen molar-refractivity contribution < 1.29 is 0 Å². The van der Waals surface area contributed by atoms with Gasteiger partial charge in [0.15, 0.2) is 5.17 Å². The number of nitrogens with one attached hydrogen (secondary N) is 2. The topological polar surface area (TPSA) is 39.7 Å². The normalized spacial score (nSPS) is 15.0. The molecule has 2 N–H and O–H groups in total. The van der Waals surface area contributed by atoms with Crippen molar-refractivity contribution in [1.29, 1.82) is 0 Å². The van der Waals surface area contributed by atoms with E-state index >= 15 is 0 Å². The first-order chi connectivity index (χ1) is 7.74. The third-order valence-corrected chi connectivity index (χ3v) is 2.33. The van der Waals surface area contributed by atoms with Crippen molar-refractivity contribution in [2.75, 3.05) is 0 Å². The molecule has 0 unspecified atom stereocenters. The van der Waals surface area contributed by atoms with Crippen LogP contribution in [0.3, 0.4) is 0 Å². The molecule has 0 spiro atoms. The van der Waals surface area contributed by atoms with E-state index in [4.69, 9.17) is 23.4 Å². The predicted molar refractivity (Wildman–Crippen MR) is 65.5 cm³/mol. The Morgan fingerprint density at radius 1 is 1.31 bits per heavy atom. The van der Waals surface area contributed by atoms with Gasteiger partial charge in [-0.05, 0) is 5.56 Å². The lowest BCUT2D eigenvalue weighted by molar-refractivity contribution is 0.375. The van der Waals surface area contributed by atoms with Crippen LogP contribution in [0.25, 0.3) is 0 Å². The maximum absolute atomic E-state index is 5.76. The van der Waals surface area contributed by atoms with Gasteiger partial charge < -0.3 is 5.32 Å². The molecule has 16 heavy (non-hydrogen) atoms. The van der Waals surface area contributed by atoms with Gasteiger partial charge in [0, 0.05) is 12.6 Å². The number of hydrazine groups is 1. The fraction of sp³-hybridized carbons (Fsp3) is 0.100. The van der Waals surface area contributed by atoms with Gasteiger partial charge >= 0.3 is 0 Å². The summed E-state index contributed by atoms with van der Waals surface area (Å²) in [6, 6.07) is 10.0. The molecule has 0 radical (unpaired) electrons. The Balaban J connectivity index is 1.94. The second-order valence-electron chi connectivity index (χ2n) is 3.19. The lowest BCUT2D eigenvalue weighted by Crippen LogP contribution is -2.35. The number of benzene rings is 1. The van der Waals surface area contributed by atoms with Crippen LogP contribution in [0.5, 0.6) is 0 Å². The molecule has 0 aliphatic carbocycles. The van der Waals surface area contributed by atoms with Gasteiger partial charge in [-0.25, -0.2) is 0 Å². The zero-order valence-electron chi connectivity index (χ0n) is 8.32. The van der Waals surface area contributed by atoms with Crippen molar-refractivity contribution in [1.82, 2.24) is 15.4 Å². The van der Waals surface area contributed by atoms with Crippen molar-refractivity contribution in [3.05, 3.63) is 47.8 Å². The molecule has 0 fully saturated rings. The number of rotatable bonds is 3. The molecule has 0 bridgehead atoms. The largest absolute Gasteiger partial charge is 0.366 e. The third-order valence-electron chi connectivity index (χ3n) is 1.99. The molecular formula is C10H10Cl2N4. The number of hydrogen-bond donors (Lipinski definition) is 2. The van der Waals surface area contributed by atoms with Gasteiger partial charge in [-0.15, -0.1) is 9.74 Å². The summed E-state index contributed by atoms with van der Waals surface area (Å²) in [5, 5.41) is 7.22. The van der Waals surface area contributed by atoms with Crippen molar-refractivity contribution in [3.8, 4) is 0 Å². The molecule has 1 aromatic rings. The highest BCUT2D eigenvalue weighted by Gasteiger charge is 2.08. The fourth-order valence-electron chi connectivity index (χ4n) is 1.27. The maximum atomic E-state index is 5.76. The lowest BCUT2D eigenvalue weighted by Gasteiger charge is -2.20. The number of halogens is 2. The Hall–Kier alpha value is -1.39. The summed E-state index contributed by atoms with van der Waals surface area (Å²) in [5.41, 5.74) is 3.97. The van der Waals surface area contributed by atoms with E-state index in [2.05, 4.69) is 15.8 Å². The minimum absolute atomic E-state index is 0.323. The summed E-state index contributed by atoms with van der Waals surface area (Å²) >= 11 is 11.4. The van der Waals surface area contributed by atoms with Crippen LogP contribution in [0.4, 0.5) is 0 Å². The molecule has 2 rings (SSSR count). The number of hydrogen-bond acceptors (Lipinski definition) is 4. The second-order valence-corrected chi connectivity index (χ2v) is 3.90. The Labute approximate surface area is 104 Å². The highest BCUT2D eigenvalue weighted by atomic mass is 35.5. The van der Waals surface area contributed by atoms with Crippen molar-refractivity contribution in [3.63, 3.8) is 0 Å². The Bertz CT molecular complexity index is 416. The van der Waals surface area contributed by atoms with Gasteiger partial charge in [-0.1, -0.05) is 41.9 Å². The smallest absolute Gasteiger partial charge is 0.156 e. The molecule has 1 aliphatic rings. The van der Waals surface area contributed by atoms with E-state index in [0.29, 0.717) is 17.5 Å². The van der Waals surface area contributed by atoms with Crippen LogP contribution in [0.1, 0.15) is 5.56 Å². The highest BCUT2D eigenvalue weighted by Crippen LogP contribution is 2.06. The van der Waals surface area contributed by atoms with Crippen LogP contribution >= 0.6 is 23.4 Å². The van der Waals surface area contributed by atoms with E-state index in [-0.39, 0.29) is 0 Å². The Kier molecular flexibility index (Phi) is 3.54. The van der Waals surface area contributed by atoms with Crippen molar-refractivity contribution in [2.24, 2.45) is 5.10 Å². The first kappa shape index (κ1) is 11.1. The van der Waals surface area contributed by atoms with E-state index in [1.54, 1.807) is 6.08 Å². The summed E-state index contributed by atoms with van der Waals surface area (Å²) in [6.07, 6.45) is 1.67. The lowest BCUT2D eigenvalue weighted by atomic mass is 10.2. The molecule has 0 aromatic heterocycles. The molecule has 0 saturated heterocycles. The molecule has 4 nitrogen and oxygen atoms in total. The molecule has 84 valence electrons. The first-order valence-corrected chi connectivity index (χ1v) is 5.42. The zero-order valence-corrected chi connectivity index (χ0v) is 9.83. The highest BCUT2D eigenvalue weighted by molar-refractivity contribution is 6.68. The second kappa shape index (κ2) is 5.09. The van der Waals surface area contributed by atoms with E-state index in [9.17, 15) is 0 Å². The van der Waals surface area contributed by atoms with Gasteiger partial charge in [0.25, 0.3) is 0 Å². The molecule has 6 heteroatoms. The summed E-state index contributed by atoms with van der Waals surface area (Å²) < 4.78 is 1.04. The minimum atomic E-state index is 0.323. The van der Waals surface area contributed by atoms with Crippen LogP contribution < -0.4 is 10.7 Å². The van der Waals surface area contributed by atoms with Gasteiger partial charge in [0.05, 0.1) is 11.8 Å². The summed E-state index contributed by atoms with van der Waals surface area (Å²) in [5.74, 6) is 0.707. The minimum Gasteiger partial charge on any atom is -0.366 e. The monoisotopic (exact) mass is 256 g/mol. The predicted octanol–water partition coefficient (Wildman–Crippen LogP) is 2.14. The molecule has 1 heterocycles. The third kappa shape index (κ3) is 3.05. The molecule has 1 aliphatic heterocycles. The van der Waals surface area contributed by atoms with Crippen LogP contribution in [0.2, 0.25) is 0 Å².